The number of aryl methyl sites for hydroxylation is 1. The van der Waals surface area contributed by atoms with Crippen LogP contribution >= 0.6 is 0 Å². The Morgan fingerprint density at radius 1 is 1.28 bits per heavy atom. The molecule has 0 amide bonds. The summed E-state index contributed by atoms with van der Waals surface area (Å²) in [4.78, 5) is 12.2. The van der Waals surface area contributed by atoms with Crippen LogP contribution in [0.3, 0.4) is 0 Å². The third-order valence-electron chi connectivity index (χ3n) is 3.02. The lowest BCUT2D eigenvalue weighted by Gasteiger charge is -2.11. The average Bonchev–Trinajstić information content (AvgIpc) is 2.39. The van der Waals surface area contributed by atoms with Crippen molar-refractivity contribution in [1.82, 2.24) is 4.57 Å². The normalized spacial score (nSPS) is 10.1. The first kappa shape index (κ1) is 12.1. The summed E-state index contributed by atoms with van der Waals surface area (Å²) >= 11 is 0. The SMILES string of the molecule is CCn1c(C)cc(-c2ccccc2)c(C#N)c1=O. The summed E-state index contributed by atoms with van der Waals surface area (Å²) in [5.74, 6) is 0. The molecule has 90 valence electrons. The molecular formula is C15H14N2O. The molecule has 3 heteroatoms. The van der Waals surface area contributed by atoms with Crippen LogP contribution in [0.5, 0.6) is 0 Å². The van der Waals surface area contributed by atoms with Gasteiger partial charge in [0.2, 0.25) is 0 Å². The molecule has 0 radical (unpaired) electrons. The Morgan fingerprint density at radius 3 is 2.50 bits per heavy atom. The van der Waals surface area contributed by atoms with Crippen LogP contribution < -0.4 is 5.56 Å². The van der Waals surface area contributed by atoms with E-state index in [1.807, 2.05) is 56.3 Å². The molecule has 18 heavy (non-hydrogen) atoms. The predicted molar refractivity (Wildman–Crippen MR) is 71.3 cm³/mol. The zero-order valence-corrected chi connectivity index (χ0v) is 10.5. The Bertz CT molecular complexity index is 663. The standard InChI is InChI=1S/C15H14N2O/c1-3-17-11(2)9-13(14(10-16)15(17)18)12-7-5-4-6-8-12/h4-9H,3H2,1-2H3. The molecule has 0 aliphatic carbocycles. The molecule has 0 N–H and O–H groups in total. The van der Waals surface area contributed by atoms with Gasteiger partial charge >= 0.3 is 0 Å². The van der Waals surface area contributed by atoms with Gasteiger partial charge in [-0.2, -0.15) is 5.26 Å². The van der Waals surface area contributed by atoms with Crippen molar-refractivity contribution in [2.45, 2.75) is 20.4 Å². The zero-order chi connectivity index (χ0) is 13.1. The molecule has 0 aliphatic heterocycles. The average molecular weight is 238 g/mol. The van der Waals surface area contributed by atoms with E-state index in [4.69, 9.17) is 0 Å². The molecule has 0 saturated carbocycles. The summed E-state index contributed by atoms with van der Waals surface area (Å²) in [7, 11) is 0. The molecule has 1 aromatic carbocycles. The van der Waals surface area contributed by atoms with Gasteiger partial charge in [0.25, 0.3) is 5.56 Å². The number of hydrogen-bond acceptors (Lipinski definition) is 2. The van der Waals surface area contributed by atoms with Gasteiger partial charge in [0, 0.05) is 17.8 Å². The van der Waals surface area contributed by atoms with Crippen LogP contribution in [0.2, 0.25) is 0 Å². The fourth-order valence-corrected chi connectivity index (χ4v) is 2.12. The Balaban J connectivity index is 2.78. The number of aromatic nitrogens is 1. The monoisotopic (exact) mass is 238 g/mol. The minimum Gasteiger partial charge on any atom is -0.312 e. The maximum atomic E-state index is 12.2. The Hall–Kier alpha value is -2.34. The lowest BCUT2D eigenvalue weighted by Crippen LogP contribution is -2.24. The fourth-order valence-electron chi connectivity index (χ4n) is 2.12. The van der Waals surface area contributed by atoms with Gasteiger partial charge in [-0.1, -0.05) is 30.3 Å². The van der Waals surface area contributed by atoms with Crippen LogP contribution in [0, 0.1) is 18.3 Å². The first-order chi connectivity index (χ1) is 8.69. The second-order valence-corrected chi connectivity index (χ2v) is 4.10. The van der Waals surface area contributed by atoms with E-state index in [0.717, 1.165) is 11.3 Å². The van der Waals surface area contributed by atoms with Crippen molar-refractivity contribution >= 4 is 0 Å². The van der Waals surface area contributed by atoms with Gasteiger partial charge in [0.15, 0.2) is 0 Å². The van der Waals surface area contributed by atoms with Gasteiger partial charge in [-0.05, 0) is 25.5 Å². The van der Waals surface area contributed by atoms with E-state index < -0.39 is 0 Å². The Morgan fingerprint density at radius 2 is 1.94 bits per heavy atom. The molecular weight excluding hydrogens is 224 g/mol. The lowest BCUT2D eigenvalue weighted by molar-refractivity contribution is 0.699. The maximum Gasteiger partial charge on any atom is 0.269 e. The van der Waals surface area contributed by atoms with Gasteiger partial charge in [-0.25, -0.2) is 0 Å². The summed E-state index contributed by atoms with van der Waals surface area (Å²) in [5, 5.41) is 9.21. The van der Waals surface area contributed by atoms with Crippen LogP contribution in [0.4, 0.5) is 0 Å². The summed E-state index contributed by atoms with van der Waals surface area (Å²) < 4.78 is 1.62. The van der Waals surface area contributed by atoms with Crippen molar-refractivity contribution in [3.8, 4) is 17.2 Å². The molecule has 1 heterocycles. The second kappa shape index (κ2) is 4.89. The maximum absolute atomic E-state index is 12.2. The van der Waals surface area contributed by atoms with Crippen LogP contribution in [-0.4, -0.2) is 4.57 Å². The van der Waals surface area contributed by atoms with Gasteiger partial charge in [0.1, 0.15) is 11.6 Å². The molecule has 0 fully saturated rings. The molecule has 0 aliphatic rings. The highest BCUT2D eigenvalue weighted by Gasteiger charge is 2.12. The number of rotatable bonds is 2. The van der Waals surface area contributed by atoms with Crippen LogP contribution in [-0.2, 0) is 6.54 Å². The van der Waals surface area contributed by atoms with Gasteiger partial charge in [-0.15, -0.1) is 0 Å². The minimum absolute atomic E-state index is 0.209. The highest BCUT2D eigenvalue weighted by Crippen LogP contribution is 2.22. The van der Waals surface area contributed by atoms with Gasteiger partial charge < -0.3 is 4.57 Å². The summed E-state index contributed by atoms with van der Waals surface area (Å²) in [6, 6.07) is 13.5. The number of hydrogen-bond donors (Lipinski definition) is 0. The Kier molecular flexibility index (Phi) is 3.29. The van der Waals surface area contributed by atoms with Crippen LogP contribution in [0.15, 0.2) is 41.2 Å². The van der Waals surface area contributed by atoms with E-state index in [1.165, 1.54) is 0 Å². The van der Waals surface area contributed by atoms with Crippen molar-refractivity contribution < 1.29 is 0 Å². The molecule has 0 atom stereocenters. The molecule has 2 rings (SSSR count). The van der Waals surface area contributed by atoms with E-state index in [2.05, 4.69) is 0 Å². The fraction of sp³-hybridized carbons (Fsp3) is 0.200. The quantitative estimate of drug-likeness (QED) is 0.807. The van der Waals surface area contributed by atoms with Gasteiger partial charge in [-0.3, -0.25) is 4.79 Å². The molecule has 1 aromatic heterocycles. The minimum atomic E-state index is -0.209. The number of nitrogens with zero attached hydrogens (tertiary/aromatic N) is 2. The first-order valence-corrected chi connectivity index (χ1v) is 5.89. The van der Waals surface area contributed by atoms with E-state index in [1.54, 1.807) is 4.57 Å². The Labute approximate surface area is 106 Å². The third kappa shape index (κ3) is 1.93. The van der Waals surface area contributed by atoms with E-state index in [-0.39, 0.29) is 11.1 Å². The second-order valence-electron chi connectivity index (χ2n) is 4.10. The van der Waals surface area contributed by atoms with Crippen molar-refractivity contribution in [2.24, 2.45) is 0 Å². The molecule has 0 unspecified atom stereocenters. The highest BCUT2D eigenvalue weighted by atomic mass is 16.1. The van der Waals surface area contributed by atoms with E-state index in [9.17, 15) is 10.1 Å². The predicted octanol–water partition coefficient (Wildman–Crippen LogP) is 2.72. The third-order valence-corrected chi connectivity index (χ3v) is 3.02. The van der Waals surface area contributed by atoms with Crippen molar-refractivity contribution in [3.63, 3.8) is 0 Å². The summed E-state index contributed by atoms with van der Waals surface area (Å²) in [6.45, 7) is 4.37. The topological polar surface area (TPSA) is 45.8 Å². The molecule has 3 nitrogen and oxygen atoms in total. The summed E-state index contributed by atoms with van der Waals surface area (Å²) in [6.07, 6.45) is 0. The van der Waals surface area contributed by atoms with Crippen molar-refractivity contribution in [2.75, 3.05) is 0 Å². The lowest BCUT2D eigenvalue weighted by atomic mass is 10.0. The van der Waals surface area contributed by atoms with E-state index in [0.29, 0.717) is 12.1 Å². The smallest absolute Gasteiger partial charge is 0.269 e. The molecule has 2 aromatic rings. The van der Waals surface area contributed by atoms with Crippen molar-refractivity contribution in [1.29, 1.82) is 5.26 Å². The number of nitriles is 1. The molecule has 0 spiro atoms. The van der Waals surface area contributed by atoms with Crippen LogP contribution in [0.1, 0.15) is 18.2 Å². The highest BCUT2D eigenvalue weighted by molar-refractivity contribution is 5.70. The summed E-state index contributed by atoms with van der Waals surface area (Å²) in [5.41, 5.74) is 2.50. The first-order valence-electron chi connectivity index (χ1n) is 5.89. The van der Waals surface area contributed by atoms with E-state index >= 15 is 0 Å². The zero-order valence-electron chi connectivity index (χ0n) is 10.5. The largest absolute Gasteiger partial charge is 0.312 e. The van der Waals surface area contributed by atoms with Crippen LogP contribution in [0.25, 0.3) is 11.1 Å². The molecule has 0 saturated heterocycles. The van der Waals surface area contributed by atoms with Gasteiger partial charge in [0.05, 0.1) is 0 Å². The number of benzene rings is 1. The molecule has 0 bridgehead atoms. The van der Waals surface area contributed by atoms with Crippen molar-refractivity contribution in [3.05, 3.63) is 58.0 Å². The number of pyridine rings is 1.